The highest BCUT2D eigenvalue weighted by molar-refractivity contribution is 5.56. The van der Waals surface area contributed by atoms with Crippen LogP contribution in [0.1, 0.15) is 0 Å². The first-order chi connectivity index (χ1) is 4.20. The Labute approximate surface area is 51.5 Å². The summed E-state index contributed by atoms with van der Waals surface area (Å²) in [7, 11) is 0. The van der Waals surface area contributed by atoms with Crippen molar-refractivity contribution >= 4 is 11.5 Å². The van der Waals surface area contributed by atoms with E-state index in [4.69, 9.17) is 11.5 Å². The number of rotatable bonds is 0. The minimum atomic E-state index is -0.610. The van der Waals surface area contributed by atoms with Crippen LogP contribution in [0.25, 0.3) is 0 Å². The van der Waals surface area contributed by atoms with Gasteiger partial charge in [-0.15, -0.1) is 0 Å². The molecular formula is C5H6FN3. The lowest BCUT2D eigenvalue weighted by Gasteiger charge is -1.95. The topological polar surface area (TPSA) is 64.9 Å². The van der Waals surface area contributed by atoms with Crippen molar-refractivity contribution < 1.29 is 4.39 Å². The van der Waals surface area contributed by atoms with Crippen LogP contribution < -0.4 is 11.5 Å². The van der Waals surface area contributed by atoms with Gasteiger partial charge >= 0.3 is 0 Å². The van der Waals surface area contributed by atoms with Crippen LogP contribution in [0, 0.1) is 5.95 Å². The summed E-state index contributed by atoms with van der Waals surface area (Å²) in [6.45, 7) is 0. The van der Waals surface area contributed by atoms with Crippen LogP contribution in [-0.4, -0.2) is 4.98 Å². The Morgan fingerprint density at radius 3 is 2.44 bits per heavy atom. The molecule has 0 radical (unpaired) electrons. The molecule has 1 rings (SSSR count). The highest BCUT2D eigenvalue weighted by Crippen LogP contribution is 2.09. The van der Waals surface area contributed by atoms with Gasteiger partial charge in [0.05, 0.1) is 5.69 Å². The monoisotopic (exact) mass is 127 g/mol. The van der Waals surface area contributed by atoms with Crippen LogP contribution in [0.4, 0.5) is 15.9 Å². The lowest BCUT2D eigenvalue weighted by Crippen LogP contribution is -1.98. The van der Waals surface area contributed by atoms with Crippen LogP contribution in [-0.2, 0) is 0 Å². The van der Waals surface area contributed by atoms with Crippen LogP contribution >= 0.6 is 0 Å². The maximum absolute atomic E-state index is 12.1. The van der Waals surface area contributed by atoms with E-state index < -0.39 is 5.95 Å². The number of aromatic nitrogens is 1. The Morgan fingerprint density at radius 2 is 2.00 bits per heavy atom. The summed E-state index contributed by atoms with van der Waals surface area (Å²) in [5.74, 6) is -0.572. The molecule has 0 aliphatic rings. The number of pyridine rings is 1. The molecule has 0 amide bonds. The Hall–Kier alpha value is -1.32. The van der Waals surface area contributed by atoms with E-state index in [0.29, 0.717) is 5.69 Å². The molecule has 0 atom stereocenters. The van der Waals surface area contributed by atoms with Crippen LogP contribution in [0.15, 0.2) is 12.1 Å². The Balaban J connectivity index is 3.17. The highest BCUT2D eigenvalue weighted by atomic mass is 19.1. The Morgan fingerprint density at radius 1 is 1.33 bits per heavy atom. The third-order valence-electron chi connectivity index (χ3n) is 0.923. The molecule has 0 unspecified atom stereocenters. The molecule has 48 valence electrons. The quantitative estimate of drug-likeness (QED) is 0.495. The number of nitrogen functional groups attached to an aromatic ring is 2. The van der Waals surface area contributed by atoms with Gasteiger partial charge in [0.15, 0.2) is 0 Å². The first kappa shape index (κ1) is 5.81. The summed E-state index contributed by atoms with van der Waals surface area (Å²) >= 11 is 0. The molecule has 0 bridgehead atoms. The fraction of sp³-hybridized carbons (Fsp3) is 0. The van der Waals surface area contributed by atoms with E-state index >= 15 is 0 Å². The van der Waals surface area contributed by atoms with Gasteiger partial charge in [-0.1, -0.05) is 0 Å². The molecular weight excluding hydrogens is 121 g/mol. The average Bonchev–Trinajstić information content (AvgIpc) is 1.80. The molecule has 0 saturated heterocycles. The molecule has 1 aromatic heterocycles. The smallest absolute Gasteiger partial charge is 0.214 e. The third kappa shape index (κ3) is 1.07. The molecule has 0 aliphatic heterocycles. The van der Waals surface area contributed by atoms with Crippen molar-refractivity contribution in [3.63, 3.8) is 0 Å². The predicted octanol–water partition coefficient (Wildman–Crippen LogP) is 0.385. The van der Waals surface area contributed by atoms with Gasteiger partial charge in [0.25, 0.3) is 0 Å². The molecule has 0 saturated carbocycles. The first-order valence-corrected chi connectivity index (χ1v) is 2.37. The molecule has 1 aromatic rings. The van der Waals surface area contributed by atoms with Crippen molar-refractivity contribution in [2.75, 3.05) is 11.5 Å². The van der Waals surface area contributed by atoms with Gasteiger partial charge in [-0.3, -0.25) is 0 Å². The highest BCUT2D eigenvalue weighted by Gasteiger charge is 1.95. The van der Waals surface area contributed by atoms with E-state index in [-0.39, 0.29) is 5.82 Å². The lowest BCUT2D eigenvalue weighted by molar-refractivity contribution is 0.586. The fourth-order valence-electron chi connectivity index (χ4n) is 0.461. The van der Waals surface area contributed by atoms with E-state index in [2.05, 4.69) is 4.98 Å². The van der Waals surface area contributed by atoms with Crippen molar-refractivity contribution in [3.05, 3.63) is 18.1 Å². The van der Waals surface area contributed by atoms with Gasteiger partial charge in [-0.05, 0) is 12.1 Å². The fourth-order valence-corrected chi connectivity index (χ4v) is 0.461. The minimum Gasteiger partial charge on any atom is -0.396 e. The normalized spacial score (nSPS) is 9.44. The number of hydrogen-bond acceptors (Lipinski definition) is 3. The minimum absolute atomic E-state index is 0.0370. The predicted molar refractivity (Wildman–Crippen MR) is 33.0 cm³/mol. The SMILES string of the molecule is Nc1ccc(F)nc1N. The second-order valence-electron chi connectivity index (χ2n) is 1.61. The summed E-state index contributed by atoms with van der Waals surface area (Å²) in [4.78, 5) is 3.26. The van der Waals surface area contributed by atoms with E-state index in [0.717, 1.165) is 6.07 Å². The molecule has 0 aliphatic carbocycles. The van der Waals surface area contributed by atoms with E-state index in [1.807, 2.05) is 0 Å². The van der Waals surface area contributed by atoms with Gasteiger partial charge in [0.2, 0.25) is 5.95 Å². The first-order valence-electron chi connectivity index (χ1n) is 2.37. The molecule has 0 aromatic carbocycles. The molecule has 4 N–H and O–H groups in total. The number of nitrogens with two attached hydrogens (primary N) is 2. The van der Waals surface area contributed by atoms with Crippen molar-refractivity contribution in [1.82, 2.24) is 4.98 Å². The van der Waals surface area contributed by atoms with Gasteiger partial charge in [0, 0.05) is 0 Å². The number of anilines is 2. The maximum Gasteiger partial charge on any atom is 0.214 e. The van der Waals surface area contributed by atoms with E-state index in [1.165, 1.54) is 6.07 Å². The summed E-state index contributed by atoms with van der Waals surface area (Å²) in [6.07, 6.45) is 0. The second kappa shape index (κ2) is 1.89. The number of nitrogens with zero attached hydrogens (tertiary/aromatic N) is 1. The Bertz CT molecular complexity index is 223. The van der Waals surface area contributed by atoms with E-state index in [1.54, 1.807) is 0 Å². The van der Waals surface area contributed by atoms with Crippen LogP contribution in [0.3, 0.4) is 0 Å². The van der Waals surface area contributed by atoms with Gasteiger partial charge < -0.3 is 11.5 Å². The maximum atomic E-state index is 12.1. The van der Waals surface area contributed by atoms with Gasteiger partial charge in [0.1, 0.15) is 5.82 Å². The van der Waals surface area contributed by atoms with Gasteiger partial charge in [-0.2, -0.15) is 4.39 Å². The molecule has 0 spiro atoms. The standard InChI is InChI=1S/C5H6FN3/c6-4-2-1-3(7)5(8)9-4/h1-2H,7H2,(H2,8,9). The van der Waals surface area contributed by atoms with Crippen molar-refractivity contribution in [2.45, 2.75) is 0 Å². The molecule has 1 heterocycles. The summed E-state index contributed by atoms with van der Waals surface area (Å²) in [6, 6.07) is 2.53. The molecule has 9 heavy (non-hydrogen) atoms. The number of halogens is 1. The molecule has 0 fully saturated rings. The van der Waals surface area contributed by atoms with Gasteiger partial charge in [-0.25, -0.2) is 4.98 Å². The van der Waals surface area contributed by atoms with Crippen LogP contribution in [0.5, 0.6) is 0 Å². The zero-order chi connectivity index (χ0) is 6.85. The van der Waals surface area contributed by atoms with Crippen molar-refractivity contribution in [3.8, 4) is 0 Å². The molecule has 4 heteroatoms. The average molecular weight is 127 g/mol. The zero-order valence-corrected chi connectivity index (χ0v) is 4.63. The largest absolute Gasteiger partial charge is 0.396 e. The number of hydrogen-bond donors (Lipinski definition) is 2. The van der Waals surface area contributed by atoms with E-state index in [9.17, 15) is 4.39 Å². The zero-order valence-electron chi connectivity index (χ0n) is 4.63. The third-order valence-corrected chi connectivity index (χ3v) is 0.923. The summed E-state index contributed by atoms with van der Waals surface area (Å²) in [5.41, 5.74) is 10.7. The molecule has 3 nitrogen and oxygen atoms in total. The second-order valence-corrected chi connectivity index (χ2v) is 1.61. The Kier molecular flexibility index (Phi) is 1.22. The summed E-state index contributed by atoms with van der Waals surface area (Å²) in [5, 5.41) is 0. The summed E-state index contributed by atoms with van der Waals surface area (Å²) < 4.78 is 12.1. The lowest BCUT2D eigenvalue weighted by atomic mass is 10.4. The van der Waals surface area contributed by atoms with Crippen LogP contribution in [0.2, 0.25) is 0 Å². The van der Waals surface area contributed by atoms with Crippen molar-refractivity contribution in [2.24, 2.45) is 0 Å². The van der Waals surface area contributed by atoms with Crippen molar-refractivity contribution in [1.29, 1.82) is 0 Å².